The Hall–Kier alpha value is -2.55. The fourth-order valence-corrected chi connectivity index (χ4v) is 4.42. The highest BCUT2D eigenvalue weighted by molar-refractivity contribution is 5.92. The molecule has 2 aliphatic rings. The standard InChI is InChI=1S/C20H21F3N2O4/c21-15-14-13(26)10-12(20(27)28)25(11-4-2-1-3-5-11)18(14)17(23)19(16(15)22)24-6-8-29-9-7-24/h10-11H,1-9H2,(H,27,28). The molecule has 0 unspecified atom stereocenters. The van der Waals surface area contributed by atoms with Crippen LogP contribution < -0.4 is 10.3 Å². The lowest BCUT2D eigenvalue weighted by Crippen LogP contribution is -2.38. The first kappa shape index (κ1) is 19.8. The molecule has 1 saturated carbocycles. The Morgan fingerprint density at radius 2 is 1.69 bits per heavy atom. The monoisotopic (exact) mass is 410 g/mol. The molecule has 2 fully saturated rings. The van der Waals surface area contributed by atoms with E-state index in [1.807, 2.05) is 0 Å². The molecule has 2 aromatic rings. The number of hydrogen-bond acceptors (Lipinski definition) is 4. The zero-order chi connectivity index (χ0) is 20.7. The topological polar surface area (TPSA) is 71.8 Å². The predicted octanol–water partition coefficient (Wildman–Crippen LogP) is 3.46. The first-order valence-electron chi connectivity index (χ1n) is 9.73. The van der Waals surface area contributed by atoms with Gasteiger partial charge < -0.3 is 19.3 Å². The summed E-state index contributed by atoms with van der Waals surface area (Å²) >= 11 is 0. The van der Waals surface area contributed by atoms with Gasteiger partial charge in [-0.3, -0.25) is 4.79 Å². The Morgan fingerprint density at radius 1 is 1.03 bits per heavy atom. The molecule has 1 aliphatic carbocycles. The van der Waals surface area contributed by atoms with Gasteiger partial charge in [-0.2, -0.15) is 0 Å². The summed E-state index contributed by atoms with van der Waals surface area (Å²) in [5, 5.41) is 8.89. The van der Waals surface area contributed by atoms with Gasteiger partial charge in [-0.05, 0) is 12.8 Å². The third-order valence-corrected chi connectivity index (χ3v) is 5.77. The molecule has 1 aliphatic heterocycles. The van der Waals surface area contributed by atoms with Crippen LogP contribution in [0.25, 0.3) is 10.9 Å². The number of rotatable bonds is 3. The number of carbonyl (C=O) groups is 1. The normalized spacial score (nSPS) is 18.4. The predicted molar refractivity (Wildman–Crippen MR) is 100 cm³/mol. The van der Waals surface area contributed by atoms with Gasteiger partial charge in [0.25, 0.3) is 0 Å². The van der Waals surface area contributed by atoms with Gasteiger partial charge in [-0.1, -0.05) is 19.3 Å². The molecule has 1 aromatic heterocycles. The molecule has 0 atom stereocenters. The number of carboxylic acids is 1. The summed E-state index contributed by atoms with van der Waals surface area (Å²) in [6.07, 6.45) is 3.71. The van der Waals surface area contributed by atoms with Crippen LogP contribution in [0.15, 0.2) is 10.9 Å². The lowest BCUT2D eigenvalue weighted by Gasteiger charge is -2.32. The Labute approximate surface area is 164 Å². The van der Waals surface area contributed by atoms with Crippen LogP contribution in [0.2, 0.25) is 0 Å². The molecular weight excluding hydrogens is 389 g/mol. The van der Waals surface area contributed by atoms with Crippen molar-refractivity contribution < 1.29 is 27.8 Å². The lowest BCUT2D eigenvalue weighted by atomic mass is 9.94. The van der Waals surface area contributed by atoms with E-state index in [1.165, 1.54) is 9.47 Å². The van der Waals surface area contributed by atoms with Crippen molar-refractivity contribution in [3.05, 3.63) is 39.4 Å². The van der Waals surface area contributed by atoms with Crippen LogP contribution in [0.1, 0.15) is 48.6 Å². The van der Waals surface area contributed by atoms with Crippen molar-refractivity contribution in [2.75, 3.05) is 31.2 Å². The van der Waals surface area contributed by atoms with Crippen LogP contribution in [0.3, 0.4) is 0 Å². The second-order valence-electron chi connectivity index (χ2n) is 7.47. The number of benzene rings is 1. The van der Waals surface area contributed by atoms with Crippen LogP contribution in [0.5, 0.6) is 0 Å². The highest BCUT2D eigenvalue weighted by Crippen LogP contribution is 2.37. The molecule has 0 spiro atoms. The van der Waals surface area contributed by atoms with E-state index in [1.54, 1.807) is 0 Å². The van der Waals surface area contributed by atoms with Crippen LogP contribution in [0, 0.1) is 17.5 Å². The zero-order valence-electron chi connectivity index (χ0n) is 15.7. The maximum absolute atomic E-state index is 15.7. The van der Waals surface area contributed by atoms with Gasteiger partial charge in [-0.15, -0.1) is 0 Å². The number of fused-ring (bicyclic) bond motifs is 1. The summed E-state index contributed by atoms with van der Waals surface area (Å²) in [5.41, 5.74) is -2.51. The lowest BCUT2D eigenvalue weighted by molar-refractivity contribution is 0.0680. The Balaban J connectivity index is 2.08. The van der Waals surface area contributed by atoms with Gasteiger partial charge in [0.05, 0.1) is 24.1 Å². The summed E-state index contributed by atoms with van der Waals surface area (Å²) < 4.78 is 51.9. The van der Waals surface area contributed by atoms with Gasteiger partial charge in [0.2, 0.25) is 0 Å². The highest BCUT2D eigenvalue weighted by Gasteiger charge is 2.32. The van der Waals surface area contributed by atoms with Crippen molar-refractivity contribution in [1.82, 2.24) is 4.57 Å². The average Bonchev–Trinajstić information content (AvgIpc) is 2.73. The quantitative estimate of drug-likeness (QED) is 0.785. The number of hydrogen-bond donors (Lipinski definition) is 1. The summed E-state index contributed by atoms with van der Waals surface area (Å²) in [6.45, 7) is 0.766. The zero-order valence-corrected chi connectivity index (χ0v) is 15.7. The largest absolute Gasteiger partial charge is 0.477 e. The summed E-state index contributed by atoms with van der Waals surface area (Å²) in [7, 11) is 0. The first-order valence-corrected chi connectivity index (χ1v) is 9.73. The third-order valence-electron chi connectivity index (χ3n) is 5.77. The number of aromatic nitrogens is 1. The molecule has 2 heterocycles. The highest BCUT2D eigenvalue weighted by atomic mass is 19.2. The fourth-order valence-electron chi connectivity index (χ4n) is 4.42. The SMILES string of the molecule is O=C(O)c1cc(=O)c2c(F)c(F)c(N3CCOCC3)c(F)c2n1C1CCCCC1. The molecule has 29 heavy (non-hydrogen) atoms. The van der Waals surface area contributed by atoms with Crippen molar-refractivity contribution in [3.8, 4) is 0 Å². The van der Waals surface area contributed by atoms with Gasteiger partial charge >= 0.3 is 5.97 Å². The number of nitrogens with zero attached hydrogens (tertiary/aromatic N) is 2. The smallest absolute Gasteiger partial charge is 0.352 e. The van der Waals surface area contributed by atoms with E-state index in [4.69, 9.17) is 4.74 Å². The van der Waals surface area contributed by atoms with E-state index in [9.17, 15) is 23.5 Å². The molecule has 1 N–H and O–H groups in total. The Morgan fingerprint density at radius 3 is 2.31 bits per heavy atom. The van der Waals surface area contributed by atoms with E-state index in [0.29, 0.717) is 12.8 Å². The van der Waals surface area contributed by atoms with Crippen molar-refractivity contribution in [2.45, 2.75) is 38.1 Å². The van der Waals surface area contributed by atoms with Crippen molar-refractivity contribution in [1.29, 1.82) is 0 Å². The van der Waals surface area contributed by atoms with Crippen molar-refractivity contribution in [3.63, 3.8) is 0 Å². The number of ether oxygens (including phenoxy) is 1. The number of carboxylic acid groups (broad SMARTS) is 1. The van der Waals surface area contributed by atoms with Gasteiger partial charge in [0.15, 0.2) is 22.9 Å². The summed E-state index contributed by atoms with van der Waals surface area (Å²) in [6, 6.07) is 0.352. The van der Waals surface area contributed by atoms with E-state index in [0.717, 1.165) is 25.3 Å². The Kier molecular flexibility index (Phi) is 5.24. The maximum Gasteiger partial charge on any atom is 0.352 e. The second-order valence-corrected chi connectivity index (χ2v) is 7.47. The van der Waals surface area contributed by atoms with E-state index >= 15 is 4.39 Å². The van der Waals surface area contributed by atoms with Crippen LogP contribution in [-0.4, -0.2) is 41.9 Å². The molecular formula is C20H21F3N2O4. The molecule has 0 bridgehead atoms. The van der Waals surface area contributed by atoms with Gasteiger partial charge in [-0.25, -0.2) is 18.0 Å². The number of anilines is 1. The molecule has 1 saturated heterocycles. The second kappa shape index (κ2) is 7.70. The third kappa shape index (κ3) is 3.27. The van der Waals surface area contributed by atoms with Crippen molar-refractivity contribution in [2.24, 2.45) is 0 Å². The number of halogens is 3. The average molecular weight is 410 g/mol. The molecule has 156 valence electrons. The maximum atomic E-state index is 15.7. The Bertz CT molecular complexity index is 1030. The number of aromatic carboxylic acids is 1. The van der Waals surface area contributed by atoms with E-state index < -0.39 is 57.2 Å². The van der Waals surface area contributed by atoms with Crippen molar-refractivity contribution >= 4 is 22.6 Å². The fraction of sp³-hybridized carbons (Fsp3) is 0.500. The summed E-state index contributed by atoms with van der Waals surface area (Å²) in [4.78, 5) is 25.6. The first-order chi connectivity index (χ1) is 13.9. The van der Waals surface area contributed by atoms with Crippen LogP contribution in [0.4, 0.5) is 18.9 Å². The molecule has 1 aromatic carbocycles. The van der Waals surface area contributed by atoms with E-state index in [2.05, 4.69) is 0 Å². The molecule has 6 nitrogen and oxygen atoms in total. The minimum absolute atomic E-state index is 0.158. The van der Waals surface area contributed by atoms with Gasteiger partial charge in [0, 0.05) is 25.2 Å². The van der Waals surface area contributed by atoms with Crippen LogP contribution >= 0.6 is 0 Å². The molecule has 4 rings (SSSR count). The van der Waals surface area contributed by atoms with E-state index in [-0.39, 0.29) is 26.3 Å². The minimum atomic E-state index is -1.45. The molecule has 0 radical (unpaired) electrons. The molecule has 9 heteroatoms. The van der Waals surface area contributed by atoms with Crippen LogP contribution in [-0.2, 0) is 4.74 Å². The summed E-state index contributed by atoms with van der Waals surface area (Å²) in [5.74, 6) is -5.40. The molecule has 0 amide bonds. The number of morpholine rings is 1. The minimum Gasteiger partial charge on any atom is -0.477 e. The van der Waals surface area contributed by atoms with Gasteiger partial charge in [0.1, 0.15) is 11.4 Å². The number of pyridine rings is 1.